The van der Waals surface area contributed by atoms with Gasteiger partial charge in [-0.3, -0.25) is 9.59 Å². The number of nitrogens with zero attached hydrogens (tertiary/aromatic N) is 4. The number of sulfonamides is 1. The van der Waals surface area contributed by atoms with Crippen molar-refractivity contribution in [2.45, 2.75) is 36.6 Å². The van der Waals surface area contributed by atoms with E-state index in [1.54, 1.807) is 30.3 Å². The maximum atomic E-state index is 12.7. The van der Waals surface area contributed by atoms with Gasteiger partial charge in [0.15, 0.2) is 6.73 Å². The molecule has 1 saturated heterocycles. The monoisotopic (exact) mass is 448 g/mol. The van der Waals surface area contributed by atoms with Crippen LogP contribution in [-0.4, -0.2) is 46.8 Å². The fraction of sp³-hybridized carbons (Fsp3) is 0.368. The SMILES string of the molecule is O=C(Cc1ccc(S(=O)(=O)N2CCCCC2)s1)OCn1nnc2ccccc2c1=O. The van der Waals surface area contributed by atoms with Crippen LogP contribution in [0.5, 0.6) is 0 Å². The van der Waals surface area contributed by atoms with E-state index >= 15 is 0 Å². The molecule has 1 aliphatic heterocycles. The van der Waals surface area contributed by atoms with Crippen molar-refractivity contribution in [1.29, 1.82) is 0 Å². The molecule has 0 amide bonds. The van der Waals surface area contributed by atoms with E-state index in [2.05, 4.69) is 10.3 Å². The Bertz CT molecular complexity index is 1230. The summed E-state index contributed by atoms with van der Waals surface area (Å²) < 4.78 is 33.3. The highest BCUT2D eigenvalue weighted by atomic mass is 32.2. The number of esters is 1. The largest absolute Gasteiger partial charge is 0.442 e. The van der Waals surface area contributed by atoms with Crippen LogP contribution in [0, 0.1) is 0 Å². The molecule has 3 heterocycles. The summed E-state index contributed by atoms with van der Waals surface area (Å²) in [5, 5.41) is 8.08. The third-order valence-corrected chi connectivity index (χ3v) is 8.29. The van der Waals surface area contributed by atoms with E-state index in [0.29, 0.717) is 28.9 Å². The fourth-order valence-electron chi connectivity index (χ4n) is 3.26. The molecule has 158 valence electrons. The molecule has 0 N–H and O–H groups in total. The van der Waals surface area contributed by atoms with E-state index in [0.717, 1.165) is 35.3 Å². The number of rotatable bonds is 6. The van der Waals surface area contributed by atoms with Crippen molar-refractivity contribution < 1.29 is 17.9 Å². The molecule has 0 bridgehead atoms. The highest BCUT2D eigenvalue weighted by Crippen LogP contribution is 2.27. The van der Waals surface area contributed by atoms with Crippen LogP contribution >= 0.6 is 11.3 Å². The minimum absolute atomic E-state index is 0.0874. The molecule has 1 aliphatic rings. The van der Waals surface area contributed by atoms with E-state index in [1.165, 1.54) is 10.4 Å². The van der Waals surface area contributed by atoms with E-state index in [-0.39, 0.29) is 17.4 Å². The van der Waals surface area contributed by atoms with Crippen LogP contribution in [0.3, 0.4) is 0 Å². The molecule has 0 atom stereocenters. The van der Waals surface area contributed by atoms with Gasteiger partial charge in [-0.2, -0.15) is 8.99 Å². The number of carbonyl (C=O) groups is 1. The van der Waals surface area contributed by atoms with Crippen LogP contribution < -0.4 is 5.56 Å². The number of carbonyl (C=O) groups excluding carboxylic acids is 1. The lowest BCUT2D eigenvalue weighted by Gasteiger charge is -2.25. The Hall–Kier alpha value is -2.63. The highest BCUT2D eigenvalue weighted by Gasteiger charge is 2.27. The molecular formula is C19H20N4O5S2. The van der Waals surface area contributed by atoms with Crippen LogP contribution in [0.2, 0.25) is 0 Å². The minimum Gasteiger partial charge on any atom is -0.442 e. The van der Waals surface area contributed by atoms with E-state index in [4.69, 9.17) is 4.74 Å². The molecule has 0 spiro atoms. The number of ether oxygens (including phenoxy) is 1. The van der Waals surface area contributed by atoms with E-state index in [9.17, 15) is 18.0 Å². The van der Waals surface area contributed by atoms with Gasteiger partial charge in [0.25, 0.3) is 15.6 Å². The van der Waals surface area contributed by atoms with Crippen molar-refractivity contribution in [3.8, 4) is 0 Å². The van der Waals surface area contributed by atoms with Crippen molar-refractivity contribution in [2.75, 3.05) is 13.1 Å². The molecule has 4 rings (SSSR count). The highest BCUT2D eigenvalue weighted by molar-refractivity contribution is 7.91. The summed E-state index contributed by atoms with van der Waals surface area (Å²) in [6.07, 6.45) is 2.68. The number of aromatic nitrogens is 3. The van der Waals surface area contributed by atoms with Crippen molar-refractivity contribution in [3.05, 3.63) is 51.6 Å². The van der Waals surface area contributed by atoms with Crippen molar-refractivity contribution >= 4 is 38.2 Å². The number of benzene rings is 1. The zero-order valence-corrected chi connectivity index (χ0v) is 17.7. The van der Waals surface area contributed by atoms with Gasteiger partial charge in [0.1, 0.15) is 9.73 Å². The average Bonchev–Trinajstić information content (AvgIpc) is 3.23. The Balaban J connectivity index is 1.39. The molecule has 1 fully saturated rings. The standard InChI is InChI=1S/C19H20N4O5S2/c24-17(28-13-23-19(25)15-6-2-3-7-16(15)20-21-23)12-14-8-9-18(29-14)30(26,27)22-10-4-1-5-11-22/h2-3,6-9H,1,4-5,10-13H2. The maximum Gasteiger partial charge on any atom is 0.312 e. The van der Waals surface area contributed by atoms with Crippen molar-refractivity contribution in [2.24, 2.45) is 0 Å². The quantitative estimate of drug-likeness (QED) is 0.528. The molecule has 0 aliphatic carbocycles. The summed E-state index contributed by atoms with van der Waals surface area (Å²) >= 11 is 1.06. The third kappa shape index (κ3) is 4.27. The average molecular weight is 449 g/mol. The smallest absolute Gasteiger partial charge is 0.312 e. The predicted molar refractivity (Wildman–Crippen MR) is 111 cm³/mol. The lowest BCUT2D eigenvalue weighted by atomic mass is 10.2. The summed E-state index contributed by atoms with van der Waals surface area (Å²) in [4.78, 5) is 25.1. The Morgan fingerprint density at radius 3 is 2.67 bits per heavy atom. The minimum atomic E-state index is -3.52. The Kier molecular flexibility index (Phi) is 5.93. The molecule has 2 aromatic heterocycles. The van der Waals surface area contributed by atoms with Crippen LogP contribution in [0.25, 0.3) is 10.9 Å². The number of thiophene rings is 1. The second-order valence-electron chi connectivity index (χ2n) is 6.92. The Labute approximate surface area is 176 Å². The first-order valence-corrected chi connectivity index (χ1v) is 11.8. The molecule has 30 heavy (non-hydrogen) atoms. The van der Waals surface area contributed by atoms with E-state index in [1.807, 2.05) is 0 Å². The molecule has 1 aromatic carbocycles. The maximum absolute atomic E-state index is 12.7. The summed E-state index contributed by atoms with van der Waals surface area (Å²) in [5.41, 5.74) is 0.0607. The van der Waals surface area contributed by atoms with Crippen molar-refractivity contribution in [3.63, 3.8) is 0 Å². The zero-order chi connectivity index (χ0) is 21.1. The first-order valence-electron chi connectivity index (χ1n) is 9.52. The van der Waals surface area contributed by atoms with Gasteiger partial charge < -0.3 is 4.74 Å². The van der Waals surface area contributed by atoms with Gasteiger partial charge in [0.05, 0.1) is 11.8 Å². The van der Waals surface area contributed by atoms with Gasteiger partial charge in [-0.1, -0.05) is 23.8 Å². The topological polar surface area (TPSA) is 111 Å². The molecule has 3 aromatic rings. The lowest BCUT2D eigenvalue weighted by Crippen LogP contribution is -2.35. The van der Waals surface area contributed by atoms with E-state index < -0.39 is 21.6 Å². The van der Waals surface area contributed by atoms with Gasteiger partial charge in [-0.05, 0) is 37.1 Å². The molecule has 9 nitrogen and oxygen atoms in total. The zero-order valence-electron chi connectivity index (χ0n) is 16.1. The second-order valence-corrected chi connectivity index (χ2v) is 10.3. The van der Waals surface area contributed by atoms with Crippen LogP contribution in [0.4, 0.5) is 0 Å². The predicted octanol–water partition coefficient (Wildman–Crippen LogP) is 1.77. The molecule has 11 heteroatoms. The lowest BCUT2D eigenvalue weighted by molar-refractivity contribution is -0.147. The Morgan fingerprint density at radius 2 is 1.87 bits per heavy atom. The summed E-state index contributed by atoms with van der Waals surface area (Å²) in [6, 6.07) is 9.91. The third-order valence-electron chi connectivity index (χ3n) is 4.84. The normalized spacial score (nSPS) is 15.3. The van der Waals surface area contributed by atoms with Crippen LogP contribution in [0.15, 0.2) is 45.4 Å². The summed E-state index contributed by atoms with van der Waals surface area (Å²) in [5.74, 6) is -0.583. The van der Waals surface area contributed by atoms with Crippen LogP contribution in [0.1, 0.15) is 24.1 Å². The Morgan fingerprint density at radius 1 is 1.10 bits per heavy atom. The first kappa shape index (κ1) is 20.6. The number of fused-ring (bicyclic) bond motifs is 1. The van der Waals surface area contributed by atoms with Gasteiger partial charge >= 0.3 is 5.97 Å². The van der Waals surface area contributed by atoms with Gasteiger partial charge in [-0.15, -0.1) is 16.4 Å². The van der Waals surface area contributed by atoms with Gasteiger partial charge in [0.2, 0.25) is 0 Å². The first-order chi connectivity index (χ1) is 14.4. The molecule has 0 radical (unpaired) electrons. The second kappa shape index (κ2) is 8.62. The number of hydrogen-bond donors (Lipinski definition) is 0. The van der Waals surface area contributed by atoms with Crippen LogP contribution in [-0.2, 0) is 32.7 Å². The number of piperidine rings is 1. The summed E-state index contributed by atoms with van der Waals surface area (Å²) in [7, 11) is -3.52. The number of hydrogen-bond acceptors (Lipinski definition) is 8. The van der Waals surface area contributed by atoms with Gasteiger partial charge in [0, 0.05) is 18.0 Å². The fourth-order valence-corrected chi connectivity index (χ4v) is 6.27. The molecule has 0 unspecified atom stereocenters. The van der Waals surface area contributed by atoms with Crippen molar-refractivity contribution in [1.82, 2.24) is 19.3 Å². The van der Waals surface area contributed by atoms with Gasteiger partial charge in [-0.25, -0.2) is 8.42 Å². The molecule has 0 saturated carbocycles. The summed E-state index contributed by atoms with van der Waals surface area (Å²) in [6.45, 7) is 0.693. The molecular weight excluding hydrogens is 428 g/mol.